The molecule has 2 saturated heterocycles. The van der Waals surface area contributed by atoms with E-state index in [1.807, 2.05) is 0 Å². The van der Waals surface area contributed by atoms with Crippen molar-refractivity contribution < 1.29 is 19.1 Å². The van der Waals surface area contributed by atoms with Crippen molar-refractivity contribution in [1.29, 1.82) is 0 Å². The van der Waals surface area contributed by atoms with Crippen LogP contribution in [0.25, 0.3) is 0 Å². The van der Waals surface area contributed by atoms with Gasteiger partial charge >= 0.3 is 11.9 Å². The Morgan fingerprint density at radius 1 is 0.714 bits per heavy atom. The Balaban J connectivity index is 1.29. The topological polar surface area (TPSA) is 101 Å². The van der Waals surface area contributed by atoms with Crippen LogP contribution < -0.4 is 21.3 Å². The number of rotatable bonds is 13. The van der Waals surface area contributed by atoms with Crippen molar-refractivity contribution in [2.45, 2.75) is 83.5 Å². The molecule has 0 bridgehead atoms. The molecule has 42 heavy (non-hydrogen) atoms. The van der Waals surface area contributed by atoms with Crippen LogP contribution in [0.2, 0.25) is 0 Å². The van der Waals surface area contributed by atoms with Gasteiger partial charge in [0.25, 0.3) is 0 Å². The number of carbonyl (C=O) groups is 2. The Hall–Kier alpha value is -2.62. The van der Waals surface area contributed by atoms with Gasteiger partial charge in [-0.25, -0.2) is 9.59 Å². The summed E-state index contributed by atoms with van der Waals surface area (Å²) in [6.07, 6.45) is 13.4. The summed E-state index contributed by atoms with van der Waals surface area (Å²) in [4.78, 5) is 22.2. The zero-order valence-corrected chi connectivity index (χ0v) is 25.6. The molecule has 4 N–H and O–H groups in total. The van der Waals surface area contributed by atoms with E-state index >= 15 is 0 Å². The summed E-state index contributed by atoms with van der Waals surface area (Å²) >= 11 is 0. The molecule has 0 spiro atoms. The lowest BCUT2D eigenvalue weighted by atomic mass is 9.73. The molecule has 8 nitrogen and oxygen atoms in total. The van der Waals surface area contributed by atoms with Gasteiger partial charge in [-0.1, -0.05) is 50.2 Å². The minimum Gasteiger partial charge on any atom is -0.463 e. The highest BCUT2D eigenvalue weighted by atomic mass is 16.5. The molecule has 3 aliphatic rings. The van der Waals surface area contributed by atoms with Crippen LogP contribution in [0.3, 0.4) is 0 Å². The van der Waals surface area contributed by atoms with Crippen LogP contribution >= 0.6 is 0 Å². The molecule has 8 heteroatoms. The summed E-state index contributed by atoms with van der Waals surface area (Å²) in [6.45, 7) is 13.7. The third kappa shape index (κ3) is 12.7. The fourth-order valence-corrected chi connectivity index (χ4v) is 5.90. The number of unbranched alkanes of at least 4 members (excludes halogenated alkanes) is 2. The van der Waals surface area contributed by atoms with Crippen molar-refractivity contribution in [3.8, 4) is 23.7 Å². The van der Waals surface area contributed by atoms with Gasteiger partial charge in [0.15, 0.2) is 0 Å². The van der Waals surface area contributed by atoms with E-state index in [2.05, 4.69) is 65.0 Å². The molecule has 2 heterocycles. The Morgan fingerprint density at radius 2 is 1.19 bits per heavy atom. The SMILES string of the molecule is C=CC(=O)OCCCCC1NCC(C#CC2CCC(C#CC3CNC(CCCCOC(=O)C=C)NC3)C(CC)C2)CN1. The first-order chi connectivity index (χ1) is 20.5. The molecule has 3 unspecified atom stereocenters. The van der Waals surface area contributed by atoms with E-state index in [0.717, 1.165) is 90.4 Å². The second-order valence-corrected chi connectivity index (χ2v) is 11.7. The summed E-state index contributed by atoms with van der Waals surface area (Å²) in [7, 11) is 0. The van der Waals surface area contributed by atoms with E-state index in [9.17, 15) is 9.59 Å². The highest BCUT2D eigenvalue weighted by molar-refractivity contribution is 5.81. The van der Waals surface area contributed by atoms with E-state index in [-0.39, 0.29) is 11.9 Å². The second kappa shape index (κ2) is 19.5. The molecule has 232 valence electrons. The van der Waals surface area contributed by atoms with Crippen LogP contribution in [-0.4, -0.2) is 63.7 Å². The lowest BCUT2D eigenvalue weighted by Crippen LogP contribution is -2.52. The minimum absolute atomic E-state index is 0.302. The van der Waals surface area contributed by atoms with Gasteiger partial charge in [-0.15, -0.1) is 0 Å². The van der Waals surface area contributed by atoms with Crippen LogP contribution in [0.15, 0.2) is 25.3 Å². The van der Waals surface area contributed by atoms with Crippen LogP contribution in [0.1, 0.15) is 71.1 Å². The van der Waals surface area contributed by atoms with Gasteiger partial charge < -0.3 is 30.7 Å². The molecule has 2 aliphatic heterocycles. The molecule has 3 rings (SSSR count). The quantitative estimate of drug-likeness (QED) is 0.114. The number of hydrogen-bond acceptors (Lipinski definition) is 8. The molecule has 0 radical (unpaired) electrons. The zero-order chi connectivity index (χ0) is 30.0. The average Bonchev–Trinajstić information content (AvgIpc) is 3.03. The number of nitrogens with one attached hydrogen (secondary N) is 4. The van der Waals surface area contributed by atoms with Crippen molar-refractivity contribution in [1.82, 2.24) is 21.3 Å². The lowest BCUT2D eigenvalue weighted by molar-refractivity contribution is -0.138. The Morgan fingerprint density at radius 3 is 1.67 bits per heavy atom. The van der Waals surface area contributed by atoms with Gasteiger partial charge in [0.1, 0.15) is 0 Å². The molecule has 0 aromatic carbocycles. The third-order valence-electron chi connectivity index (χ3n) is 8.51. The normalized spacial score (nSPS) is 29.1. The minimum atomic E-state index is -0.350. The third-order valence-corrected chi connectivity index (χ3v) is 8.51. The maximum absolute atomic E-state index is 11.1. The van der Waals surface area contributed by atoms with Crippen LogP contribution in [-0.2, 0) is 19.1 Å². The van der Waals surface area contributed by atoms with Gasteiger partial charge in [0, 0.05) is 62.0 Å². The fraction of sp³-hybridized carbons (Fsp3) is 0.706. The maximum Gasteiger partial charge on any atom is 0.330 e. The smallest absolute Gasteiger partial charge is 0.330 e. The molecular formula is C34H52N4O4. The average molecular weight is 581 g/mol. The lowest BCUT2D eigenvalue weighted by Gasteiger charge is -2.32. The van der Waals surface area contributed by atoms with Crippen molar-refractivity contribution in [2.24, 2.45) is 29.6 Å². The first kappa shape index (κ1) is 33.9. The van der Waals surface area contributed by atoms with Gasteiger partial charge in [0.05, 0.1) is 25.5 Å². The summed E-state index contributed by atoms with van der Waals surface area (Å²) < 4.78 is 10.1. The molecular weight excluding hydrogens is 528 g/mol. The van der Waals surface area contributed by atoms with Gasteiger partial charge in [-0.3, -0.25) is 0 Å². The monoisotopic (exact) mass is 580 g/mol. The standard InChI is InChI=1S/C34H52N4O4/c1-4-29-21-26(13-14-27-22-35-31(36-23-27)11-7-9-19-41-33(39)5-2)15-17-30(29)18-16-28-24-37-32(38-25-28)12-8-10-20-42-34(40)6-3/h5-6,26-32,35-38H,2-4,7-12,15,17,19-25H2,1H3. The second-order valence-electron chi connectivity index (χ2n) is 11.7. The largest absolute Gasteiger partial charge is 0.463 e. The summed E-state index contributed by atoms with van der Waals surface area (Å²) in [5.41, 5.74) is 0. The molecule has 0 aromatic heterocycles. The van der Waals surface area contributed by atoms with E-state index in [4.69, 9.17) is 9.47 Å². The molecule has 3 fully saturated rings. The van der Waals surface area contributed by atoms with E-state index in [0.29, 0.717) is 55.1 Å². The highest BCUT2D eigenvalue weighted by Crippen LogP contribution is 2.35. The van der Waals surface area contributed by atoms with Gasteiger partial charge in [0.2, 0.25) is 0 Å². The molecule has 3 atom stereocenters. The van der Waals surface area contributed by atoms with Crippen molar-refractivity contribution in [3.63, 3.8) is 0 Å². The van der Waals surface area contributed by atoms with Crippen molar-refractivity contribution >= 4 is 11.9 Å². The molecule has 0 amide bonds. The Bertz CT molecular complexity index is 977. The number of ether oxygens (including phenoxy) is 2. The molecule has 1 aliphatic carbocycles. The van der Waals surface area contributed by atoms with Crippen molar-refractivity contribution in [3.05, 3.63) is 25.3 Å². The first-order valence-electron chi connectivity index (χ1n) is 16.0. The first-order valence-corrected chi connectivity index (χ1v) is 16.0. The number of hydrogen-bond donors (Lipinski definition) is 4. The van der Waals surface area contributed by atoms with Crippen LogP contribution in [0.5, 0.6) is 0 Å². The predicted molar refractivity (Wildman–Crippen MR) is 167 cm³/mol. The summed E-state index contributed by atoms with van der Waals surface area (Å²) in [5, 5.41) is 14.3. The summed E-state index contributed by atoms with van der Waals surface area (Å²) in [5.74, 6) is 16.0. The Kier molecular flexibility index (Phi) is 15.8. The van der Waals surface area contributed by atoms with Gasteiger partial charge in [-0.05, 0) is 63.7 Å². The predicted octanol–water partition coefficient (Wildman–Crippen LogP) is 3.50. The number of carbonyl (C=O) groups excluding carboxylic acids is 2. The molecule has 0 aromatic rings. The van der Waals surface area contributed by atoms with Crippen LogP contribution in [0.4, 0.5) is 0 Å². The number of esters is 2. The fourth-order valence-electron chi connectivity index (χ4n) is 5.90. The van der Waals surface area contributed by atoms with E-state index in [1.54, 1.807) is 0 Å². The maximum atomic E-state index is 11.1. The van der Waals surface area contributed by atoms with E-state index in [1.165, 1.54) is 12.2 Å². The molecule has 1 saturated carbocycles. The van der Waals surface area contributed by atoms with E-state index < -0.39 is 0 Å². The summed E-state index contributed by atoms with van der Waals surface area (Å²) in [6, 6.07) is 0. The van der Waals surface area contributed by atoms with Crippen LogP contribution in [0, 0.1) is 53.3 Å². The zero-order valence-electron chi connectivity index (χ0n) is 25.6. The van der Waals surface area contributed by atoms with Crippen molar-refractivity contribution in [2.75, 3.05) is 39.4 Å². The highest BCUT2D eigenvalue weighted by Gasteiger charge is 2.28. The van der Waals surface area contributed by atoms with Gasteiger partial charge in [-0.2, -0.15) is 0 Å². The Labute approximate surface area is 253 Å².